The number of hydrogen-bond donors (Lipinski definition) is 3. The second kappa shape index (κ2) is 19.3. The Morgan fingerprint density at radius 2 is 1.68 bits per heavy atom. The minimum absolute atomic E-state index is 0.0290. The predicted molar refractivity (Wildman–Crippen MR) is 283 cm³/mol. The molecule has 8 heterocycles. The number of nitrogens with one attached hydrogen (secondary N) is 2. The number of fused-ring (bicyclic) bond motifs is 4. The first kappa shape index (κ1) is 49.1. The highest BCUT2D eigenvalue weighted by Crippen LogP contribution is 2.42. The minimum Gasteiger partial charge on any atom is -0.392 e. The molecule has 1 aliphatic carbocycles. The number of aliphatic hydroxyl groups excluding tert-OH is 1. The number of ether oxygens (including phenoxy) is 1. The van der Waals surface area contributed by atoms with Crippen LogP contribution in [0.25, 0.3) is 11.3 Å². The Balaban J connectivity index is 0.789. The van der Waals surface area contributed by atoms with Crippen molar-refractivity contribution in [2.24, 2.45) is 12.5 Å². The van der Waals surface area contributed by atoms with Crippen molar-refractivity contribution in [3.05, 3.63) is 118 Å². The third-order valence-electron chi connectivity index (χ3n) is 16.2. The number of piperazine rings is 1. The number of imide groups is 1. The number of hydrogen-bond acceptors (Lipinski definition) is 13. The Morgan fingerprint density at radius 3 is 2.43 bits per heavy atom. The normalized spacial score (nSPS) is 22.0. The number of aryl methyl sites for hydroxylation is 1. The van der Waals surface area contributed by atoms with Gasteiger partial charge in [0.05, 0.1) is 40.5 Å². The monoisotopic (exact) mass is 1000 g/mol. The quantitative estimate of drug-likeness (QED) is 0.101. The average molecular weight is 1000 g/mol. The maximum absolute atomic E-state index is 14.1. The van der Waals surface area contributed by atoms with Gasteiger partial charge in [0.2, 0.25) is 5.91 Å². The molecule has 3 atom stereocenters. The lowest BCUT2D eigenvalue weighted by Gasteiger charge is -2.48. The van der Waals surface area contributed by atoms with Crippen molar-refractivity contribution >= 4 is 58.0 Å². The first-order valence-corrected chi connectivity index (χ1v) is 26.0. The number of rotatable bonds is 11. The Kier molecular flexibility index (Phi) is 12.8. The van der Waals surface area contributed by atoms with E-state index in [1.807, 2.05) is 30.3 Å². The SMILES string of the molecule is C=CC(=O)Nc1cc(Nc2nc(-c3ccnc(N4CCn5c(cc6c5CC(C)(C)C6)C4=O)c3CO)cn(C)c2=O)ccc1N1CCN(C2CCN(c3cccc4c3C(=O)N(C3CCOCC3)C4=O)[C@H](C)C2)C[C@@H]1C. The molecule has 74 heavy (non-hydrogen) atoms. The smallest absolute Gasteiger partial charge is 0.293 e. The molecule has 3 fully saturated rings. The number of anilines is 6. The van der Waals surface area contributed by atoms with Crippen LogP contribution >= 0.6 is 0 Å². The summed E-state index contributed by atoms with van der Waals surface area (Å²) in [5, 5.41) is 17.1. The van der Waals surface area contributed by atoms with E-state index in [2.05, 4.69) is 69.2 Å². The first-order valence-electron chi connectivity index (χ1n) is 26.0. The van der Waals surface area contributed by atoms with Gasteiger partial charge in [0, 0.05) is 119 Å². The standard InChI is InChI=1S/C56H65N11O7/c1-7-48(69)59-42-27-36(58-50-55(73)61(6)31-43(60-50)39-13-17-57-51(41(39)32-68)66-22-21-65-46(53(66)71)26-35-28-56(4,5)29-47(35)65)11-12-44(42)64-20-19-62(30-34(64)3)38-14-18-63(33(2)25-38)45-10-8-9-40-49(45)54(72)67(52(40)70)37-15-23-74-24-16-37/h7-13,17,26-27,31,33-34,37-38,68H,1,14-16,18-25,28-30,32H2,2-6H3,(H,58,60)(H,59,69)/t33-,34+,38?/m1/s1. The summed E-state index contributed by atoms with van der Waals surface area (Å²) in [6.45, 7) is 17.3. The van der Waals surface area contributed by atoms with Gasteiger partial charge in [-0.3, -0.25) is 38.7 Å². The van der Waals surface area contributed by atoms with E-state index in [-0.39, 0.29) is 53.0 Å². The first-order chi connectivity index (χ1) is 35.6. The second-order valence-corrected chi connectivity index (χ2v) is 21.7. The van der Waals surface area contributed by atoms with Crippen LogP contribution in [0, 0.1) is 5.41 Å². The summed E-state index contributed by atoms with van der Waals surface area (Å²) in [4.78, 5) is 88.0. The minimum atomic E-state index is -0.417. The summed E-state index contributed by atoms with van der Waals surface area (Å²) in [5.41, 5.74) is 7.91. The van der Waals surface area contributed by atoms with E-state index in [9.17, 15) is 29.1 Å². The predicted octanol–water partition coefficient (Wildman–Crippen LogP) is 6.13. The third kappa shape index (κ3) is 8.65. The molecule has 2 aromatic carbocycles. The van der Waals surface area contributed by atoms with Crippen LogP contribution in [0.4, 0.5) is 34.4 Å². The molecule has 6 aliphatic rings. The lowest BCUT2D eigenvalue weighted by molar-refractivity contribution is -0.111. The number of carbonyl (C=O) groups is 4. The van der Waals surface area contributed by atoms with Crippen LogP contribution in [0.2, 0.25) is 0 Å². The lowest BCUT2D eigenvalue weighted by atomic mass is 9.90. The molecular formula is C56H65N11O7. The molecule has 3 N–H and O–H groups in total. The van der Waals surface area contributed by atoms with E-state index < -0.39 is 12.2 Å². The highest BCUT2D eigenvalue weighted by molar-refractivity contribution is 6.24. The van der Waals surface area contributed by atoms with Crippen molar-refractivity contribution in [1.82, 2.24) is 28.9 Å². The van der Waals surface area contributed by atoms with Gasteiger partial charge < -0.3 is 39.4 Å². The molecule has 0 spiro atoms. The highest BCUT2D eigenvalue weighted by atomic mass is 16.5. The Morgan fingerprint density at radius 1 is 0.878 bits per heavy atom. The molecule has 3 aromatic heterocycles. The molecule has 1 unspecified atom stereocenters. The average Bonchev–Trinajstić information content (AvgIpc) is 3.99. The van der Waals surface area contributed by atoms with Crippen molar-refractivity contribution in [2.45, 2.75) is 104 Å². The molecule has 4 amide bonds. The zero-order valence-electron chi connectivity index (χ0n) is 42.9. The summed E-state index contributed by atoms with van der Waals surface area (Å²) >= 11 is 0. The Hall–Kier alpha value is -7.15. The number of nitrogens with zero attached hydrogens (tertiary/aromatic N) is 9. The van der Waals surface area contributed by atoms with Crippen LogP contribution in [-0.4, -0.2) is 128 Å². The number of aliphatic hydroxyl groups is 1. The molecule has 18 nitrogen and oxygen atoms in total. The van der Waals surface area contributed by atoms with Crippen molar-refractivity contribution in [3.8, 4) is 11.3 Å². The van der Waals surface area contributed by atoms with Gasteiger partial charge in [-0.2, -0.15) is 0 Å². The fourth-order valence-electron chi connectivity index (χ4n) is 12.6. The largest absolute Gasteiger partial charge is 0.392 e. The van der Waals surface area contributed by atoms with E-state index in [0.29, 0.717) is 103 Å². The van der Waals surface area contributed by atoms with Crippen LogP contribution in [0.5, 0.6) is 0 Å². The fourth-order valence-corrected chi connectivity index (χ4v) is 12.6. The summed E-state index contributed by atoms with van der Waals surface area (Å²) in [6, 6.07) is 15.4. The van der Waals surface area contributed by atoms with Crippen molar-refractivity contribution < 1.29 is 29.0 Å². The number of piperidine rings is 1. The summed E-state index contributed by atoms with van der Waals surface area (Å²) in [5.74, 6) is -0.571. The molecule has 386 valence electrons. The van der Waals surface area contributed by atoms with Gasteiger partial charge in [0.1, 0.15) is 11.5 Å². The van der Waals surface area contributed by atoms with Crippen LogP contribution in [0.3, 0.4) is 0 Å². The van der Waals surface area contributed by atoms with Crippen LogP contribution in [-0.2, 0) is 42.6 Å². The summed E-state index contributed by atoms with van der Waals surface area (Å²) in [6.07, 6.45) is 9.37. The van der Waals surface area contributed by atoms with Crippen molar-refractivity contribution in [3.63, 3.8) is 0 Å². The van der Waals surface area contributed by atoms with E-state index in [1.54, 1.807) is 42.5 Å². The molecule has 5 aromatic rings. The van der Waals surface area contributed by atoms with Gasteiger partial charge in [-0.15, -0.1) is 0 Å². The van der Waals surface area contributed by atoms with Gasteiger partial charge in [-0.1, -0.05) is 26.5 Å². The zero-order chi connectivity index (χ0) is 51.7. The number of benzene rings is 2. The zero-order valence-corrected chi connectivity index (χ0v) is 42.9. The fraction of sp³-hybridized carbons (Fsp3) is 0.446. The second-order valence-electron chi connectivity index (χ2n) is 21.7. The molecule has 18 heteroatoms. The Bertz CT molecular complexity index is 3170. The van der Waals surface area contributed by atoms with Crippen molar-refractivity contribution in [2.75, 3.05) is 71.3 Å². The molecule has 3 saturated heterocycles. The molecule has 0 saturated carbocycles. The summed E-state index contributed by atoms with van der Waals surface area (Å²) in [7, 11) is 1.63. The number of pyridine rings is 1. The van der Waals surface area contributed by atoms with Crippen LogP contribution in [0.1, 0.15) is 101 Å². The molecule has 0 bridgehead atoms. The highest BCUT2D eigenvalue weighted by Gasteiger charge is 2.44. The number of amides is 4. The number of aromatic nitrogens is 4. The van der Waals surface area contributed by atoms with Gasteiger partial charge in [-0.05, 0) is 112 Å². The van der Waals surface area contributed by atoms with E-state index in [1.165, 1.54) is 26.8 Å². The molecule has 5 aliphatic heterocycles. The maximum Gasteiger partial charge on any atom is 0.293 e. The van der Waals surface area contributed by atoms with E-state index in [0.717, 1.165) is 56.7 Å². The van der Waals surface area contributed by atoms with Crippen LogP contribution < -0.4 is 30.9 Å². The number of carbonyl (C=O) groups excluding carboxylic acids is 4. The summed E-state index contributed by atoms with van der Waals surface area (Å²) < 4.78 is 9.09. The van der Waals surface area contributed by atoms with Gasteiger partial charge in [-0.25, -0.2) is 9.97 Å². The van der Waals surface area contributed by atoms with Crippen LogP contribution in [0.15, 0.2) is 78.4 Å². The lowest BCUT2D eigenvalue weighted by Crippen LogP contribution is -2.58. The molecular weight excluding hydrogens is 939 g/mol. The molecule has 11 rings (SSSR count). The Labute approximate surface area is 430 Å². The molecule has 0 radical (unpaired) electrons. The maximum atomic E-state index is 14.1. The van der Waals surface area contributed by atoms with Gasteiger partial charge >= 0.3 is 0 Å². The van der Waals surface area contributed by atoms with E-state index in [4.69, 9.17) is 9.72 Å². The van der Waals surface area contributed by atoms with Gasteiger partial charge in [0.25, 0.3) is 23.3 Å². The topological polar surface area (TPSA) is 191 Å². The third-order valence-corrected chi connectivity index (χ3v) is 16.2. The van der Waals surface area contributed by atoms with Crippen molar-refractivity contribution in [1.29, 1.82) is 0 Å². The van der Waals surface area contributed by atoms with E-state index >= 15 is 0 Å². The van der Waals surface area contributed by atoms with Gasteiger partial charge in [0.15, 0.2) is 5.82 Å².